The Bertz CT molecular complexity index is 1350. The number of alkyl halides is 9. The van der Waals surface area contributed by atoms with Crippen LogP contribution in [-0.4, -0.2) is 35.5 Å². The Morgan fingerprint density at radius 1 is 1.07 bits per heavy atom. The number of aromatic nitrogens is 1. The highest BCUT2D eigenvalue weighted by Crippen LogP contribution is 2.52. The Labute approximate surface area is 226 Å². The predicted octanol–water partition coefficient (Wildman–Crippen LogP) is 7.35. The Morgan fingerprint density at radius 3 is 2.27 bits per heavy atom. The SMILES string of the molecule is Cc1cc(C2=NO[C@](c3cc(Cl)cc(C(F)(F)F)n3)(C(F)(F)F)C2)ccc1C(=O)NCC1(C)CC(C(F)(F)F)C1. The topological polar surface area (TPSA) is 63.6 Å². The van der Waals surface area contributed by atoms with Crippen molar-refractivity contribution in [2.24, 2.45) is 16.5 Å². The molecular formula is C25H21ClF9N3O2. The summed E-state index contributed by atoms with van der Waals surface area (Å²) in [6, 6.07) is 4.95. The Kier molecular flexibility index (Phi) is 7.34. The molecule has 0 unspecified atom stereocenters. The number of carbonyl (C=O) groups excluding carboxylic acids is 1. The minimum Gasteiger partial charge on any atom is -0.372 e. The summed E-state index contributed by atoms with van der Waals surface area (Å²) in [5, 5.41) is 5.46. The molecule has 2 aromatic rings. The van der Waals surface area contributed by atoms with E-state index in [0.29, 0.717) is 17.7 Å². The fourth-order valence-corrected chi connectivity index (χ4v) is 5.07. The van der Waals surface area contributed by atoms with Crippen LogP contribution < -0.4 is 5.32 Å². The van der Waals surface area contributed by atoms with Crippen molar-refractivity contribution in [1.29, 1.82) is 0 Å². The van der Waals surface area contributed by atoms with Gasteiger partial charge in [-0.25, -0.2) is 4.98 Å². The average Bonchev–Trinajstić information content (AvgIpc) is 3.26. The van der Waals surface area contributed by atoms with Crippen molar-refractivity contribution in [3.63, 3.8) is 0 Å². The Morgan fingerprint density at radius 2 is 1.73 bits per heavy atom. The number of aryl methyl sites for hydroxylation is 1. The molecule has 1 aromatic heterocycles. The van der Waals surface area contributed by atoms with Gasteiger partial charge in [0.15, 0.2) is 0 Å². The van der Waals surface area contributed by atoms with Crippen molar-refractivity contribution in [3.8, 4) is 0 Å². The van der Waals surface area contributed by atoms with Crippen molar-refractivity contribution in [3.05, 3.63) is 63.4 Å². The molecule has 2 heterocycles. The van der Waals surface area contributed by atoms with Gasteiger partial charge in [0.2, 0.25) is 0 Å². The summed E-state index contributed by atoms with van der Waals surface area (Å²) in [5.74, 6) is -2.01. The van der Waals surface area contributed by atoms with Gasteiger partial charge in [-0.15, -0.1) is 0 Å². The maximum atomic E-state index is 14.2. The van der Waals surface area contributed by atoms with E-state index in [9.17, 15) is 44.3 Å². The minimum absolute atomic E-state index is 0.000798. The molecule has 4 rings (SSSR count). The third-order valence-corrected chi connectivity index (χ3v) is 7.32. The standard InChI is InChI=1S/C25H21ClF9N3O2/c1-12-5-13(3-4-16(12)20(39)36-11-21(2)8-14(9-21)23(27,28)29)17-10-22(40-38-17,25(33,34)35)18-6-15(26)7-19(37-18)24(30,31)32/h3-7,14H,8-11H2,1-2H3,(H,36,39)/t14?,21?,22-/m1/s1. The monoisotopic (exact) mass is 601 g/mol. The van der Waals surface area contributed by atoms with E-state index in [2.05, 4.69) is 15.5 Å². The van der Waals surface area contributed by atoms with Gasteiger partial charge in [-0.05, 0) is 60.6 Å². The second-order valence-electron chi connectivity index (χ2n) is 10.4. The van der Waals surface area contributed by atoms with E-state index in [4.69, 9.17) is 16.4 Å². The summed E-state index contributed by atoms with van der Waals surface area (Å²) < 4.78 is 121. The first kappa shape index (κ1) is 29.9. The van der Waals surface area contributed by atoms with Crippen LogP contribution in [0.3, 0.4) is 0 Å². The normalized spacial score (nSPS) is 25.2. The summed E-state index contributed by atoms with van der Waals surface area (Å²) in [6.45, 7) is 3.12. The fraction of sp³-hybridized carbons (Fsp3) is 0.480. The number of nitrogens with one attached hydrogen (secondary N) is 1. The molecule has 0 radical (unpaired) electrons. The molecule has 2 aliphatic rings. The number of benzene rings is 1. The van der Waals surface area contributed by atoms with Crippen LogP contribution in [0, 0.1) is 18.3 Å². The molecule has 5 nitrogen and oxygen atoms in total. The molecule has 15 heteroatoms. The van der Waals surface area contributed by atoms with Crippen molar-refractivity contribution in [2.45, 2.75) is 57.2 Å². The number of nitrogens with zero attached hydrogens (tertiary/aromatic N) is 2. The van der Waals surface area contributed by atoms with E-state index in [0.717, 1.165) is 0 Å². The zero-order chi connectivity index (χ0) is 29.9. The molecule has 0 saturated heterocycles. The molecule has 0 bridgehead atoms. The summed E-state index contributed by atoms with van der Waals surface area (Å²) in [6.07, 6.45) is -15.9. The van der Waals surface area contributed by atoms with Gasteiger partial charge >= 0.3 is 18.5 Å². The van der Waals surface area contributed by atoms with Crippen LogP contribution in [0.5, 0.6) is 0 Å². The maximum absolute atomic E-state index is 14.2. The molecular weight excluding hydrogens is 581 g/mol. The summed E-state index contributed by atoms with van der Waals surface area (Å²) in [5.41, 5.74) is -6.53. The Hall–Kier alpha value is -3.03. The first-order chi connectivity index (χ1) is 18.2. The maximum Gasteiger partial charge on any atom is 0.437 e. The van der Waals surface area contributed by atoms with E-state index in [1.54, 1.807) is 6.92 Å². The number of amides is 1. The smallest absolute Gasteiger partial charge is 0.372 e. The summed E-state index contributed by atoms with van der Waals surface area (Å²) in [7, 11) is 0. The van der Waals surface area contributed by atoms with Crippen LogP contribution in [0.2, 0.25) is 5.02 Å². The van der Waals surface area contributed by atoms with Gasteiger partial charge in [-0.2, -0.15) is 39.5 Å². The van der Waals surface area contributed by atoms with Gasteiger partial charge in [-0.3, -0.25) is 4.79 Å². The van der Waals surface area contributed by atoms with Crippen molar-refractivity contribution < 1.29 is 49.1 Å². The van der Waals surface area contributed by atoms with Crippen molar-refractivity contribution in [1.82, 2.24) is 10.3 Å². The van der Waals surface area contributed by atoms with Gasteiger partial charge in [0.25, 0.3) is 11.5 Å². The molecule has 0 spiro atoms. The summed E-state index contributed by atoms with van der Waals surface area (Å²) in [4.78, 5) is 20.6. The minimum atomic E-state index is -5.24. The fourth-order valence-electron chi connectivity index (χ4n) is 4.86. The lowest BCUT2D eigenvalue weighted by atomic mass is 9.63. The highest BCUT2D eigenvalue weighted by atomic mass is 35.5. The van der Waals surface area contributed by atoms with Crippen LogP contribution in [0.1, 0.15) is 59.1 Å². The largest absolute Gasteiger partial charge is 0.437 e. The lowest BCUT2D eigenvalue weighted by molar-refractivity contribution is -0.277. The van der Waals surface area contributed by atoms with Crippen LogP contribution in [-0.2, 0) is 16.6 Å². The van der Waals surface area contributed by atoms with Gasteiger partial charge in [0.1, 0.15) is 5.69 Å². The van der Waals surface area contributed by atoms with Crippen LogP contribution in [0.25, 0.3) is 0 Å². The van der Waals surface area contributed by atoms with Gasteiger partial charge in [-0.1, -0.05) is 29.7 Å². The third-order valence-electron chi connectivity index (χ3n) is 7.10. The molecule has 1 atom stereocenters. The third kappa shape index (κ3) is 5.72. The van der Waals surface area contributed by atoms with Gasteiger partial charge < -0.3 is 10.2 Å². The van der Waals surface area contributed by atoms with E-state index in [1.165, 1.54) is 25.1 Å². The van der Waals surface area contributed by atoms with E-state index < -0.39 is 64.2 Å². The highest BCUT2D eigenvalue weighted by molar-refractivity contribution is 6.30. The number of halogens is 10. The summed E-state index contributed by atoms with van der Waals surface area (Å²) >= 11 is 5.67. The zero-order valence-electron chi connectivity index (χ0n) is 20.8. The van der Waals surface area contributed by atoms with E-state index in [1.807, 2.05) is 0 Å². The Balaban J connectivity index is 1.52. The quantitative estimate of drug-likeness (QED) is 0.365. The van der Waals surface area contributed by atoms with Crippen LogP contribution in [0.4, 0.5) is 39.5 Å². The number of hydrogen-bond acceptors (Lipinski definition) is 4. The number of hydrogen-bond donors (Lipinski definition) is 1. The first-order valence-electron chi connectivity index (χ1n) is 11.8. The molecule has 40 heavy (non-hydrogen) atoms. The lowest BCUT2D eigenvalue weighted by Gasteiger charge is -2.46. The van der Waals surface area contributed by atoms with Crippen molar-refractivity contribution in [2.75, 3.05) is 6.54 Å². The van der Waals surface area contributed by atoms with Gasteiger partial charge in [0, 0.05) is 17.1 Å². The zero-order valence-corrected chi connectivity index (χ0v) is 21.5. The van der Waals surface area contributed by atoms with Crippen LogP contribution in [0.15, 0.2) is 35.5 Å². The second kappa shape index (κ2) is 9.81. The van der Waals surface area contributed by atoms with Crippen molar-refractivity contribution >= 4 is 23.2 Å². The van der Waals surface area contributed by atoms with E-state index >= 15 is 0 Å². The molecule has 1 amide bonds. The van der Waals surface area contributed by atoms with Gasteiger partial charge in [0.05, 0.1) is 23.7 Å². The molecule has 1 saturated carbocycles. The highest BCUT2D eigenvalue weighted by Gasteiger charge is 2.64. The number of oxime groups is 1. The number of carbonyl (C=O) groups is 1. The average molecular weight is 602 g/mol. The molecule has 1 aliphatic carbocycles. The number of pyridine rings is 1. The number of rotatable bonds is 5. The predicted molar refractivity (Wildman–Crippen MR) is 125 cm³/mol. The molecule has 1 fully saturated rings. The lowest BCUT2D eigenvalue weighted by Crippen LogP contribution is -2.49. The first-order valence-corrected chi connectivity index (χ1v) is 12.1. The molecule has 218 valence electrons. The molecule has 1 aromatic carbocycles. The van der Waals surface area contributed by atoms with E-state index in [-0.39, 0.29) is 36.2 Å². The molecule has 1 aliphatic heterocycles. The van der Waals surface area contributed by atoms with Crippen LogP contribution >= 0.6 is 11.6 Å². The second-order valence-corrected chi connectivity index (χ2v) is 10.8. The molecule has 1 N–H and O–H groups in total.